The molecule has 3 heterocycles. The minimum Gasteiger partial charge on any atom is -0.459 e. The molecular weight excluding hydrogens is 388 g/mol. The van der Waals surface area contributed by atoms with Crippen molar-refractivity contribution in [2.24, 2.45) is 0 Å². The van der Waals surface area contributed by atoms with E-state index in [1.54, 1.807) is 0 Å². The highest BCUT2D eigenvalue weighted by Gasteiger charge is 2.21. The Hall–Kier alpha value is -3.63. The lowest BCUT2D eigenvalue weighted by Crippen LogP contribution is -2.11. The predicted molar refractivity (Wildman–Crippen MR) is 124 cm³/mol. The fraction of sp³-hybridized carbons (Fsp3) is 0.0385. The van der Waals surface area contributed by atoms with E-state index < -0.39 is 0 Å². The van der Waals surface area contributed by atoms with Gasteiger partial charge in [0.25, 0.3) is 0 Å². The van der Waals surface area contributed by atoms with Crippen LogP contribution in [0.15, 0.2) is 84.9 Å². The third-order valence-electron chi connectivity index (χ3n) is 5.92. The number of hydrogen-bond acceptors (Lipinski definition) is 3. The molecule has 30 heavy (non-hydrogen) atoms. The van der Waals surface area contributed by atoms with Crippen LogP contribution in [0.2, 0.25) is 0 Å². The summed E-state index contributed by atoms with van der Waals surface area (Å²) in [5, 5.41) is 2.64. The van der Waals surface area contributed by atoms with E-state index in [1.165, 1.54) is 36.9 Å². The number of para-hydroxylation sites is 1. The second kappa shape index (κ2) is 5.94. The molecule has 4 heteroatoms. The van der Waals surface area contributed by atoms with Crippen LogP contribution >= 0.6 is 11.3 Å². The van der Waals surface area contributed by atoms with Crippen LogP contribution in [0.25, 0.3) is 48.0 Å². The molecule has 0 unspecified atom stereocenters. The molecule has 0 amide bonds. The first kappa shape index (κ1) is 16.2. The average Bonchev–Trinajstić information content (AvgIpc) is 3.36. The zero-order chi connectivity index (χ0) is 19.7. The van der Waals surface area contributed by atoms with Gasteiger partial charge in [0, 0.05) is 25.7 Å². The molecule has 0 fully saturated rings. The predicted octanol–water partition coefficient (Wildman–Crippen LogP) is 6.95. The van der Waals surface area contributed by atoms with E-state index in [2.05, 4.69) is 89.5 Å². The van der Waals surface area contributed by atoms with E-state index in [-0.39, 0.29) is 0 Å². The molecule has 0 saturated heterocycles. The lowest BCUT2D eigenvalue weighted by molar-refractivity contribution is 0.265. The van der Waals surface area contributed by atoms with Gasteiger partial charge < -0.3 is 4.74 Å². The number of imidazole rings is 1. The third kappa shape index (κ3) is 2.22. The topological polar surface area (TPSA) is 27.1 Å². The highest BCUT2D eigenvalue weighted by atomic mass is 32.1. The number of hydrogen-bond donors (Lipinski definition) is 0. The first-order chi connectivity index (χ1) is 14.8. The first-order valence-corrected chi connectivity index (χ1v) is 10.8. The number of thiophene rings is 1. The summed E-state index contributed by atoms with van der Waals surface area (Å²) in [7, 11) is 0. The summed E-state index contributed by atoms with van der Waals surface area (Å²) in [5.74, 6) is 0. The standard InChI is InChI=1S/C26H16N2OS/c1-3-7-22-18(5-1)15-29-26-27-21-14-17(9-11-23(21)28(22)26)16-10-12-25-20(13-16)19-6-2-4-8-24(19)30-25/h1-14H,15H2. The van der Waals surface area contributed by atoms with Crippen LogP contribution in [0.5, 0.6) is 6.01 Å². The van der Waals surface area contributed by atoms with Crippen LogP contribution in [0.3, 0.4) is 0 Å². The van der Waals surface area contributed by atoms with Crippen LogP contribution in [0.4, 0.5) is 0 Å². The Balaban J connectivity index is 1.41. The van der Waals surface area contributed by atoms with Gasteiger partial charge in [-0.1, -0.05) is 48.5 Å². The molecule has 0 spiro atoms. The molecule has 1 aliphatic heterocycles. The van der Waals surface area contributed by atoms with Crippen molar-refractivity contribution in [3.63, 3.8) is 0 Å². The van der Waals surface area contributed by atoms with Crippen molar-refractivity contribution in [2.75, 3.05) is 0 Å². The first-order valence-electron chi connectivity index (χ1n) is 10.0. The minimum atomic E-state index is 0.564. The van der Waals surface area contributed by atoms with Crippen molar-refractivity contribution in [1.82, 2.24) is 9.55 Å². The van der Waals surface area contributed by atoms with Crippen molar-refractivity contribution in [1.29, 1.82) is 0 Å². The van der Waals surface area contributed by atoms with Gasteiger partial charge in [-0.15, -0.1) is 11.3 Å². The van der Waals surface area contributed by atoms with Crippen LogP contribution in [-0.4, -0.2) is 9.55 Å². The molecule has 4 aromatic carbocycles. The summed E-state index contributed by atoms with van der Waals surface area (Å²) >= 11 is 1.85. The van der Waals surface area contributed by atoms with E-state index in [9.17, 15) is 0 Å². The molecule has 1 aliphatic rings. The normalized spacial score (nSPS) is 12.8. The van der Waals surface area contributed by atoms with Crippen LogP contribution in [-0.2, 0) is 6.61 Å². The molecule has 0 bridgehead atoms. The summed E-state index contributed by atoms with van der Waals surface area (Å²) < 4.78 is 10.7. The molecule has 0 saturated carbocycles. The van der Waals surface area contributed by atoms with Crippen molar-refractivity contribution >= 4 is 42.5 Å². The second-order valence-electron chi connectivity index (χ2n) is 7.66. The molecule has 0 N–H and O–H groups in total. The number of benzene rings is 4. The monoisotopic (exact) mass is 404 g/mol. The Bertz CT molecular complexity index is 1610. The van der Waals surface area contributed by atoms with Gasteiger partial charge in [0.2, 0.25) is 0 Å². The summed E-state index contributed by atoms with van der Waals surface area (Å²) in [6, 6.07) is 30.9. The number of nitrogens with zero attached hydrogens (tertiary/aromatic N) is 2. The quantitative estimate of drug-likeness (QED) is 0.296. The Morgan fingerprint density at radius 1 is 0.767 bits per heavy atom. The SMILES string of the molecule is c1ccc2c(c1)COc1nc3cc(-c4ccc5sc6ccccc6c5c4)ccc3n1-2. The largest absolute Gasteiger partial charge is 0.459 e. The van der Waals surface area contributed by atoms with E-state index in [0.717, 1.165) is 16.7 Å². The smallest absolute Gasteiger partial charge is 0.302 e. The lowest BCUT2D eigenvalue weighted by atomic mass is 10.0. The fourth-order valence-corrected chi connectivity index (χ4v) is 5.55. The van der Waals surface area contributed by atoms with E-state index in [0.29, 0.717) is 12.6 Å². The maximum absolute atomic E-state index is 5.93. The van der Waals surface area contributed by atoms with Gasteiger partial charge in [0.1, 0.15) is 6.61 Å². The van der Waals surface area contributed by atoms with Gasteiger partial charge in [-0.25, -0.2) is 0 Å². The maximum atomic E-state index is 5.93. The zero-order valence-electron chi connectivity index (χ0n) is 16.0. The van der Waals surface area contributed by atoms with Crippen LogP contribution in [0, 0.1) is 0 Å². The Labute approximate surface area is 176 Å². The molecule has 0 radical (unpaired) electrons. The molecule has 142 valence electrons. The summed E-state index contributed by atoms with van der Waals surface area (Å²) in [4.78, 5) is 4.78. The number of ether oxygens (including phenoxy) is 1. The van der Waals surface area contributed by atoms with E-state index in [1.807, 2.05) is 11.3 Å². The molecule has 2 aromatic heterocycles. The zero-order valence-corrected chi connectivity index (χ0v) is 16.8. The van der Waals surface area contributed by atoms with E-state index in [4.69, 9.17) is 9.72 Å². The minimum absolute atomic E-state index is 0.564. The number of aromatic nitrogens is 2. The van der Waals surface area contributed by atoms with Gasteiger partial charge in [-0.2, -0.15) is 4.98 Å². The molecule has 0 atom stereocenters. The highest BCUT2D eigenvalue weighted by molar-refractivity contribution is 7.25. The summed E-state index contributed by atoms with van der Waals surface area (Å²) in [5.41, 5.74) is 6.74. The van der Waals surface area contributed by atoms with Crippen molar-refractivity contribution in [3.05, 3.63) is 90.5 Å². The summed E-state index contributed by atoms with van der Waals surface area (Å²) in [6.45, 7) is 0.564. The third-order valence-corrected chi connectivity index (χ3v) is 7.07. The summed E-state index contributed by atoms with van der Waals surface area (Å²) in [6.07, 6.45) is 0. The molecule has 0 aliphatic carbocycles. The Kier molecular flexibility index (Phi) is 3.21. The van der Waals surface area contributed by atoms with Crippen LogP contribution < -0.4 is 4.74 Å². The lowest BCUT2D eigenvalue weighted by Gasteiger charge is -2.19. The van der Waals surface area contributed by atoms with Crippen molar-refractivity contribution in [2.45, 2.75) is 6.61 Å². The van der Waals surface area contributed by atoms with Gasteiger partial charge in [0.15, 0.2) is 0 Å². The second-order valence-corrected chi connectivity index (χ2v) is 8.74. The number of rotatable bonds is 1. The van der Waals surface area contributed by atoms with Crippen LogP contribution in [0.1, 0.15) is 5.56 Å². The van der Waals surface area contributed by atoms with Crippen molar-refractivity contribution in [3.8, 4) is 22.8 Å². The molecular formula is C26H16N2OS. The van der Waals surface area contributed by atoms with Gasteiger partial charge >= 0.3 is 6.01 Å². The molecule has 3 nitrogen and oxygen atoms in total. The van der Waals surface area contributed by atoms with Gasteiger partial charge in [-0.05, 0) is 47.5 Å². The Morgan fingerprint density at radius 2 is 1.57 bits per heavy atom. The van der Waals surface area contributed by atoms with E-state index >= 15 is 0 Å². The molecule has 7 rings (SSSR count). The van der Waals surface area contributed by atoms with Gasteiger partial charge in [-0.3, -0.25) is 4.57 Å². The molecule has 6 aromatic rings. The number of fused-ring (bicyclic) bond motifs is 8. The van der Waals surface area contributed by atoms with Gasteiger partial charge in [0.05, 0.1) is 16.7 Å². The van der Waals surface area contributed by atoms with Crippen molar-refractivity contribution < 1.29 is 4.74 Å². The fourth-order valence-electron chi connectivity index (χ4n) is 4.47. The average molecular weight is 404 g/mol. The highest BCUT2D eigenvalue weighted by Crippen LogP contribution is 2.38. The Morgan fingerprint density at radius 3 is 2.57 bits per heavy atom. The maximum Gasteiger partial charge on any atom is 0.302 e.